The summed E-state index contributed by atoms with van der Waals surface area (Å²) >= 11 is 0. The fourth-order valence-electron chi connectivity index (χ4n) is 3.16. The Kier molecular flexibility index (Phi) is 2.54. The lowest BCUT2D eigenvalue weighted by Crippen LogP contribution is -2.11. The van der Waals surface area contributed by atoms with E-state index >= 15 is 0 Å². The summed E-state index contributed by atoms with van der Waals surface area (Å²) in [6.45, 7) is 0.800. The standard InChI is InChI=1S/C14H17NO2/c15-13(16)6-4-10-2-1-9-3-5-12-11(14(9)10)7-8-17-12/h3,5,10H,1-2,4,6-8H2,(H2,15,16)/t10-/m0/s1. The molecule has 1 aliphatic carbocycles. The van der Waals surface area contributed by atoms with Gasteiger partial charge in [0.25, 0.3) is 0 Å². The van der Waals surface area contributed by atoms with Crippen molar-refractivity contribution in [2.45, 2.75) is 38.0 Å². The molecule has 0 unspecified atom stereocenters. The highest BCUT2D eigenvalue weighted by molar-refractivity contribution is 5.73. The van der Waals surface area contributed by atoms with Crippen molar-refractivity contribution in [3.63, 3.8) is 0 Å². The molecule has 0 saturated heterocycles. The lowest BCUT2D eigenvalue weighted by molar-refractivity contribution is -0.118. The number of hydrogen-bond donors (Lipinski definition) is 1. The zero-order valence-corrected chi connectivity index (χ0v) is 9.87. The Balaban J connectivity index is 1.90. The highest BCUT2D eigenvalue weighted by Crippen LogP contribution is 2.43. The number of hydrogen-bond acceptors (Lipinski definition) is 2. The van der Waals surface area contributed by atoms with E-state index in [-0.39, 0.29) is 5.91 Å². The third kappa shape index (κ3) is 1.79. The van der Waals surface area contributed by atoms with Gasteiger partial charge in [0, 0.05) is 18.4 Å². The fourth-order valence-corrected chi connectivity index (χ4v) is 3.16. The second-order valence-corrected chi connectivity index (χ2v) is 4.95. The summed E-state index contributed by atoms with van der Waals surface area (Å²) in [6, 6.07) is 4.28. The van der Waals surface area contributed by atoms with E-state index in [2.05, 4.69) is 12.1 Å². The fraction of sp³-hybridized carbons (Fsp3) is 0.500. The Bertz CT molecular complexity index is 468. The topological polar surface area (TPSA) is 52.3 Å². The molecular weight excluding hydrogens is 214 g/mol. The maximum atomic E-state index is 10.9. The third-order valence-electron chi connectivity index (χ3n) is 3.92. The molecule has 1 aliphatic heterocycles. The first kappa shape index (κ1) is 10.6. The van der Waals surface area contributed by atoms with Crippen LogP contribution in [0.3, 0.4) is 0 Å². The lowest BCUT2D eigenvalue weighted by atomic mass is 9.91. The van der Waals surface area contributed by atoms with E-state index in [0.717, 1.165) is 38.0 Å². The van der Waals surface area contributed by atoms with Crippen LogP contribution >= 0.6 is 0 Å². The highest BCUT2D eigenvalue weighted by atomic mass is 16.5. The second kappa shape index (κ2) is 4.06. The van der Waals surface area contributed by atoms with Gasteiger partial charge < -0.3 is 10.5 Å². The molecule has 0 aromatic heterocycles. The molecular formula is C14H17NO2. The number of primary amides is 1. The Hall–Kier alpha value is -1.51. The molecule has 1 amide bonds. The van der Waals surface area contributed by atoms with E-state index in [1.54, 1.807) is 0 Å². The smallest absolute Gasteiger partial charge is 0.217 e. The first-order chi connectivity index (χ1) is 8.25. The van der Waals surface area contributed by atoms with Gasteiger partial charge in [-0.25, -0.2) is 0 Å². The lowest BCUT2D eigenvalue weighted by Gasteiger charge is -2.13. The van der Waals surface area contributed by atoms with Gasteiger partial charge in [-0.05, 0) is 42.4 Å². The molecule has 2 aliphatic rings. The normalized spacial score (nSPS) is 20.8. The predicted octanol–water partition coefficient (Wildman–Crippen LogP) is 1.92. The van der Waals surface area contributed by atoms with Crippen LogP contribution in [-0.2, 0) is 17.6 Å². The van der Waals surface area contributed by atoms with Gasteiger partial charge in [0.2, 0.25) is 5.91 Å². The summed E-state index contributed by atoms with van der Waals surface area (Å²) in [6.07, 6.45) is 4.68. The van der Waals surface area contributed by atoms with E-state index in [1.807, 2.05) is 0 Å². The minimum atomic E-state index is -0.192. The Morgan fingerprint density at radius 2 is 2.29 bits per heavy atom. The van der Waals surface area contributed by atoms with E-state index in [4.69, 9.17) is 10.5 Å². The zero-order chi connectivity index (χ0) is 11.8. The van der Waals surface area contributed by atoms with Crippen LogP contribution in [0.25, 0.3) is 0 Å². The van der Waals surface area contributed by atoms with Crippen LogP contribution in [0.5, 0.6) is 5.75 Å². The third-order valence-corrected chi connectivity index (χ3v) is 3.92. The van der Waals surface area contributed by atoms with Gasteiger partial charge in [0.05, 0.1) is 6.61 Å². The number of carbonyl (C=O) groups excluding carboxylic acids is 1. The van der Waals surface area contributed by atoms with Gasteiger partial charge in [-0.1, -0.05) is 6.07 Å². The van der Waals surface area contributed by atoms with Crippen molar-refractivity contribution in [2.75, 3.05) is 6.61 Å². The molecule has 0 spiro atoms. The van der Waals surface area contributed by atoms with Crippen LogP contribution in [-0.4, -0.2) is 12.5 Å². The monoisotopic (exact) mass is 231 g/mol. The number of amides is 1. The van der Waals surface area contributed by atoms with E-state index in [1.165, 1.54) is 16.7 Å². The molecule has 1 aromatic carbocycles. The van der Waals surface area contributed by atoms with Crippen LogP contribution in [0.1, 0.15) is 41.9 Å². The first-order valence-corrected chi connectivity index (χ1v) is 6.31. The number of benzene rings is 1. The molecule has 0 bridgehead atoms. The number of aryl methyl sites for hydroxylation is 1. The SMILES string of the molecule is NC(=O)CC[C@@H]1CCc2ccc3c(c21)CCO3. The Morgan fingerprint density at radius 1 is 1.41 bits per heavy atom. The summed E-state index contributed by atoms with van der Waals surface area (Å²) in [7, 11) is 0. The molecule has 3 heteroatoms. The van der Waals surface area contributed by atoms with E-state index in [9.17, 15) is 4.79 Å². The average Bonchev–Trinajstić information content (AvgIpc) is 2.91. The molecule has 17 heavy (non-hydrogen) atoms. The second-order valence-electron chi connectivity index (χ2n) is 4.95. The van der Waals surface area contributed by atoms with Crippen molar-refractivity contribution in [1.82, 2.24) is 0 Å². The molecule has 3 rings (SSSR count). The minimum Gasteiger partial charge on any atom is -0.493 e. The molecule has 0 saturated carbocycles. The molecule has 0 fully saturated rings. The maximum absolute atomic E-state index is 10.9. The maximum Gasteiger partial charge on any atom is 0.217 e. The Labute approximate surface area is 101 Å². The van der Waals surface area contributed by atoms with Crippen molar-refractivity contribution in [3.05, 3.63) is 28.8 Å². The molecule has 1 atom stereocenters. The molecule has 3 nitrogen and oxygen atoms in total. The van der Waals surface area contributed by atoms with Crippen LogP contribution < -0.4 is 10.5 Å². The number of nitrogens with two attached hydrogens (primary N) is 1. The van der Waals surface area contributed by atoms with E-state index < -0.39 is 0 Å². The summed E-state index contributed by atoms with van der Waals surface area (Å²) < 4.78 is 5.61. The number of fused-ring (bicyclic) bond motifs is 3. The predicted molar refractivity (Wildman–Crippen MR) is 65.1 cm³/mol. The van der Waals surface area contributed by atoms with Crippen LogP contribution in [0.15, 0.2) is 12.1 Å². The van der Waals surface area contributed by atoms with Gasteiger partial charge in [-0.2, -0.15) is 0 Å². The van der Waals surface area contributed by atoms with Crippen molar-refractivity contribution < 1.29 is 9.53 Å². The molecule has 2 N–H and O–H groups in total. The Morgan fingerprint density at radius 3 is 3.12 bits per heavy atom. The molecule has 0 radical (unpaired) electrons. The van der Waals surface area contributed by atoms with Crippen molar-refractivity contribution in [1.29, 1.82) is 0 Å². The quantitative estimate of drug-likeness (QED) is 0.864. The van der Waals surface area contributed by atoms with Crippen molar-refractivity contribution in [3.8, 4) is 5.75 Å². The molecule has 90 valence electrons. The van der Waals surface area contributed by atoms with Gasteiger partial charge in [0.15, 0.2) is 0 Å². The van der Waals surface area contributed by atoms with Crippen molar-refractivity contribution in [2.24, 2.45) is 5.73 Å². The first-order valence-electron chi connectivity index (χ1n) is 6.31. The summed E-state index contributed by atoms with van der Waals surface area (Å²) in [5.41, 5.74) is 9.53. The minimum absolute atomic E-state index is 0.192. The van der Waals surface area contributed by atoms with Crippen LogP contribution in [0.4, 0.5) is 0 Å². The average molecular weight is 231 g/mol. The van der Waals surface area contributed by atoms with Crippen LogP contribution in [0.2, 0.25) is 0 Å². The highest BCUT2D eigenvalue weighted by Gasteiger charge is 2.29. The van der Waals surface area contributed by atoms with Gasteiger partial charge >= 0.3 is 0 Å². The van der Waals surface area contributed by atoms with E-state index in [0.29, 0.717) is 12.3 Å². The zero-order valence-electron chi connectivity index (χ0n) is 9.87. The van der Waals surface area contributed by atoms with Gasteiger partial charge in [-0.15, -0.1) is 0 Å². The number of ether oxygens (including phenoxy) is 1. The largest absolute Gasteiger partial charge is 0.493 e. The van der Waals surface area contributed by atoms with Gasteiger partial charge in [0.1, 0.15) is 5.75 Å². The summed E-state index contributed by atoms with van der Waals surface area (Å²) in [5.74, 6) is 1.37. The summed E-state index contributed by atoms with van der Waals surface area (Å²) in [4.78, 5) is 10.9. The molecule has 1 heterocycles. The van der Waals surface area contributed by atoms with Crippen LogP contribution in [0, 0.1) is 0 Å². The summed E-state index contributed by atoms with van der Waals surface area (Å²) in [5, 5.41) is 0. The molecule has 1 aromatic rings. The van der Waals surface area contributed by atoms with Crippen molar-refractivity contribution >= 4 is 5.91 Å². The van der Waals surface area contributed by atoms with Gasteiger partial charge in [-0.3, -0.25) is 4.79 Å². The number of rotatable bonds is 3. The number of carbonyl (C=O) groups is 1.